The Bertz CT molecular complexity index is 1670. The van der Waals surface area contributed by atoms with Crippen LogP contribution in [0.2, 0.25) is 5.02 Å². The molecular weight excluding hydrogens is 564 g/mol. The van der Waals surface area contributed by atoms with Crippen molar-refractivity contribution in [1.82, 2.24) is 0 Å². The summed E-state index contributed by atoms with van der Waals surface area (Å²) in [5.41, 5.74) is -1.09. The van der Waals surface area contributed by atoms with E-state index in [2.05, 4.69) is 10.2 Å². The Morgan fingerprint density at radius 1 is 0.882 bits per heavy atom. The summed E-state index contributed by atoms with van der Waals surface area (Å²) in [6.45, 7) is 1.42. The van der Waals surface area contributed by atoms with Crippen molar-refractivity contribution in [2.24, 2.45) is 10.2 Å². The molecule has 34 heavy (non-hydrogen) atoms. The zero-order chi connectivity index (χ0) is 24.9. The predicted octanol–water partition coefficient (Wildman–Crippen LogP) is 1.96. The Hall–Kier alpha value is -1.40. The third-order valence-corrected chi connectivity index (χ3v) is 7.30. The van der Waals surface area contributed by atoms with Crippen LogP contribution in [-0.4, -0.2) is 76.6 Å². The molecule has 0 unspecified atom stereocenters. The van der Waals surface area contributed by atoms with Crippen LogP contribution in [0.25, 0.3) is 10.8 Å². The number of nitrogens with zero attached hydrogens (tertiary/aromatic N) is 2. The standard InChI is InChI=1S/C17H13ClN2O10S3.Ca/c1-8-4-14(32(25,26)27)13(7-12(8)18)19-20-16-11-3-2-10(31(22,23)24)5-9(11)6-15(17(16)21)33(28,29)30;/h2-7,21H,1H3,(H,22,23,24)(H,25,26,27)(H,28,29,30);/q;+2/p-3. The summed E-state index contributed by atoms with van der Waals surface area (Å²) in [4.78, 5) is -2.79. The van der Waals surface area contributed by atoms with Gasteiger partial charge in [0.1, 0.15) is 25.9 Å². The minimum atomic E-state index is -5.13. The van der Waals surface area contributed by atoms with Crippen molar-refractivity contribution in [3.05, 3.63) is 47.0 Å². The number of rotatable bonds is 5. The molecule has 0 radical (unpaired) electrons. The molecule has 17 heteroatoms. The Labute approximate surface area is 228 Å². The minimum Gasteiger partial charge on any atom is -0.870 e. The maximum atomic E-state index is 12.7. The van der Waals surface area contributed by atoms with E-state index in [1.54, 1.807) is 0 Å². The van der Waals surface area contributed by atoms with Gasteiger partial charge in [0.2, 0.25) is 0 Å². The maximum Gasteiger partial charge on any atom is 2.00 e. The second-order valence-corrected chi connectivity index (χ2v) is 11.1. The Morgan fingerprint density at radius 3 is 2.03 bits per heavy atom. The fourth-order valence-corrected chi connectivity index (χ4v) is 4.74. The zero-order valence-electron chi connectivity index (χ0n) is 16.8. The summed E-state index contributed by atoms with van der Waals surface area (Å²) in [6.07, 6.45) is 0. The molecule has 0 atom stereocenters. The van der Waals surface area contributed by atoms with E-state index in [-0.39, 0.29) is 59.1 Å². The molecule has 0 saturated carbocycles. The number of azo groups is 1. The van der Waals surface area contributed by atoms with E-state index in [1.165, 1.54) is 6.92 Å². The summed E-state index contributed by atoms with van der Waals surface area (Å²) < 4.78 is 101. The van der Waals surface area contributed by atoms with Gasteiger partial charge in [0.25, 0.3) is 10.1 Å². The van der Waals surface area contributed by atoms with E-state index in [1.807, 2.05) is 0 Å². The van der Waals surface area contributed by atoms with E-state index in [9.17, 15) is 44.0 Å². The van der Waals surface area contributed by atoms with E-state index in [4.69, 9.17) is 11.6 Å². The van der Waals surface area contributed by atoms with Crippen molar-refractivity contribution >= 4 is 102 Å². The van der Waals surface area contributed by atoms with Crippen LogP contribution >= 0.6 is 11.6 Å². The number of fused-ring (bicyclic) bond motifs is 1. The molecule has 0 saturated heterocycles. The van der Waals surface area contributed by atoms with Crippen LogP contribution in [0.5, 0.6) is 5.75 Å². The van der Waals surface area contributed by atoms with E-state index in [0.29, 0.717) is 6.07 Å². The molecule has 1 N–H and O–H groups in total. The normalized spacial score (nSPS) is 12.7. The Morgan fingerprint density at radius 2 is 1.50 bits per heavy atom. The van der Waals surface area contributed by atoms with Gasteiger partial charge in [-0.25, -0.2) is 16.8 Å². The summed E-state index contributed by atoms with van der Waals surface area (Å²) >= 11 is 5.93. The second-order valence-electron chi connectivity index (χ2n) is 6.59. The molecule has 0 fully saturated rings. The quantitative estimate of drug-likeness (QED) is 0.265. The van der Waals surface area contributed by atoms with Crippen LogP contribution in [0.1, 0.15) is 5.56 Å². The third-order valence-electron chi connectivity index (χ3n) is 4.34. The van der Waals surface area contributed by atoms with Crippen LogP contribution in [0.4, 0.5) is 11.4 Å². The first-order chi connectivity index (χ1) is 15.0. The number of halogens is 1. The molecule has 12 nitrogen and oxygen atoms in total. The number of aryl methyl sites for hydroxylation is 1. The van der Waals surface area contributed by atoms with E-state index in [0.717, 1.165) is 30.3 Å². The van der Waals surface area contributed by atoms with Gasteiger partial charge < -0.3 is 14.2 Å². The summed E-state index contributed by atoms with van der Waals surface area (Å²) in [7, 11) is -15.2. The van der Waals surface area contributed by atoms with Crippen molar-refractivity contribution in [2.45, 2.75) is 21.6 Å². The Balaban J connectivity index is 0.00000408. The molecular formula is C17H10CaClN2O10S3-. The maximum absolute atomic E-state index is 12.7. The fraction of sp³-hybridized carbons (Fsp3) is 0.0588. The first-order valence-electron chi connectivity index (χ1n) is 8.39. The molecule has 0 aromatic heterocycles. The summed E-state index contributed by atoms with van der Waals surface area (Å²) in [6, 6.07) is 5.09. The predicted molar refractivity (Wildman–Crippen MR) is 115 cm³/mol. The molecule has 0 heterocycles. The topological polar surface area (TPSA) is 217 Å². The summed E-state index contributed by atoms with van der Waals surface area (Å²) in [5, 5.41) is 19.3. The average molecular weight is 574 g/mol. The second kappa shape index (κ2) is 9.93. The van der Waals surface area contributed by atoms with Crippen molar-refractivity contribution in [3.8, 4) is 5.75 Å². The van der Waals surface area contributed by atoms with Crippen LogP contribution < -0.4 is 5.11 Å². The van der Waals surface area contributed by atoms with Crippen LogP contribution in [0, 0.1) is 6.92 Å². The van der Waals surface area contributed by atoms with E-state index >= 15 is 0 Å². The van der Waals surface area contributed by atoms with Gasteiger partial charge >= 0.3 is 37.7 Å². The molecule has 0 aliphatic carbocycles. The van der Waals surface area contributed by atoms with Gasteiger partial charge in [0, 0.05) is 10.4 Å². The molecule has 0 amide bonds. The molecule has 0 bridgehead atoms. The van der Waals surface area contributed by atoms with Crippen LogP contribution in [0.3, 0.4) is 0 Å². The van der Waals surface area contributed by atoms with Gasteiger partial charge in [0.15, 0.2) is 0 Å². The number of hydrogen-bond donors (Lipinski definition) is 1. The van der Waals surface area contributed by atoms with Gasteiger partial charge in [-0.05, 0) is 48.2 Å². The third kappa shape index (κ3) is 6.04. The first-order valence-corrected chi connectivity index (χ1v) is 13.0. The SMILES string of the molecule is Cc1cc(S(=O)(=O)[O-])c(N=Nc2c([O-])c(S(=O)(=O)O)cc3cc(S(=O)(=O)[O-])ccc23)cc1Cl.[Ca+2]. The van der Waals surface area contributed by atoms with Gasteiger partial charge in [-0.2, -0.15) is 13.5 Å². The smallest absolute Gasteiger partial charge is 0.870 e. The molecule has 0 spiro atoms. The number of hydrogen-bond acceptors (Lipinski definition) is 11. The minimum absolute atomic E-state index is 0. The van der Waals surface area contributed by atoms with Gasteiger partial charge in [0.05, 0.1) is 20.4 Å². The van der Waals surface area contributed by atoms with Gasteiger partial charge in [-0.15, -0.1) is 5.11 Å². The molecule has 3 aromatic rings. The molecule has 3 rings (SSSR count). The Kier molecular flexibility index (Phi) is 8.42. The summed E-state index contributed by atoms with van der Waals surface area (Å²) in [5.74, 6) is -1.36. The first kappa shape index (κ1) is 28.8. The zero-order valence-corrected chi connectivity index (χ0v) is 22.2. The van der Waals surface area contributed by atoms with Gasteiger partial charge in [-0.1, -0.05) is 23.4 Å². The monoisotopic (exact) mass is 573 g/mol. The van der Waals surface area contributed by atoms with Gasteiger partial charge in [-0.3, -0.25) is 4.55 Å². The van der Waals surface area contributed by atoms with Crippen LogP contribution in [-0.2, 0) is 30.4 Å². The van der Waals surface area contributed by atoms with E-state index < -0.39 is 62.2 Å². The average Bonchev–Trinajstić information content (AvgIpc) is 2.66. The van der Waals surface area contributed by atoms with Crippen LogP contribution in [0.15, 0.2) is 61.3 Å². The number of benzene rings is 3. The van der Waals surface area contributed by atoms with Crippen molar-refractivity contribution in [2.75, 3.05) is 0 Å². The van der Waals surface area contributed by atoms with Crippen molar-refractivity contribution in [3.63, 3.8) is 0 Å². The molecule has 0 aliphatic heterocycles. The largest absolute Gasteiger partial charge is 2.00 e. The molecule has 3 aromatic carbocycles. The fourth-order valence-electron chi connectivity index (χ4n) is 2.79. The van der Waals surface area contributed by atoms with Crippen molar-refractivity contribution in [1.29, 1.82) is 0 Å². The molecule has 0 aliphatic rings. The van der Waals surface area contributed by atoms with Crippen molar-refractivity contribution < 1.29 is 44.0 Å². The molecule has 176 valence electrons.